The zero-order valence-electron chi connectivity index (χ0n) is 7.46. The number of hydrogen-bond acceptors (Lipinski definition) is 2. The third-order valence-corrected chi connectivity index (χ3v) is 2.00. The Hall–Kier alpha value is -0.940. The van der Waals surface area contributed by atoms with Crippen molar-refractivity contribution in [3.05, 3.63) is 28.8 Å². The number of ether oxygens (including phenoxy) is 1. The summed E-state index contributed by atoms with van der Waals surface area (Å²) in [4.78, 5) is 0. The summed E-state index contributed by atoms with van der Waals surface area (Å²) in [5.41, 5.74) is 0.212. The Balaban J connectivity index is 2.88. The van der Waals surface area contributed by atoms with Gasteiger partial charge in [0.15, 0.2) is 0 Å². The van der Waals surface area contributed by atoms with E-state index < -0.39 is 19.4 Å². The standard InChI is InChI=1S/C9H8ClF3O2/c10-6-3-5(7(14)4-11)1-2-8(6)15-9(12)13/h1-3,7,9,14H,4H2. The Morgan fingerprint density at radius 1 is 1.40 bits per heavy atom. The molecule has 84 valence electrons. The minimum absolute atomic E-state index is 0.0969. The molecule has 1 atom stereocenters. The minimum atomic E-state index is -2.97. The highest BCUT2D eigenvalue weighted by atomic mass is 35.5. The molecule has 15 heavy (non-hydrogen) atoms. The highest BCUT2D eigenvalue weighted by Gasteiger charge is 2.12. The number of benzene rings is 1. The summed E-state index contributed by atoms with van der Waals surface area (Å²) in [6.45, 7) is -3.94. The van der Waals surface area contributed by atoms with Crippen molar-refractivity contribution >= 4 is 11.6 Å². The van der Waals surface area contributed by atoms with Crippen LogP contribution >= 0.6 is 11.6 Å². The fourth-order valence-electron chi connectivity index (χ4n) is 1.01. The quantitative estimate of drug-likeness (QED) is 0.877. The van der Waals surface area contributed by atoms with Gasteiger partial charge in [0.2, 0.25) is 0 Å². The molecule has 0 amide bonds. The van der Waals surface area contributed by atoms with Gasteiger partial charge in [-0.05, 0) is 17.7 Å². The van der Waals surface area contributed by atoms with E-state index in [0.717, 1.165) is 6.07 Å². The van der Waals surface area contributed by atoms with E-state index in [1.54, 1.807) is 0 Å². The number of aliphatic hydroxyl groups is 1. The highest BCUT2D eigenvalue weighted by molar-refractivity contribution is 6.32. The average Bonchev–Trinajstić information content (AvgIpc) is 2.19. The molecule has 0 aliphatic heterocycles. The van der Waals surface area contributed by atoms with Gasteiger partial charge in [-0.25, -0.2) is 4.39 Å². The van der Waals surface area contributed by atoms with Crippen LogP contribution in [0.3, 0.4) is 0 Å². The zero-order chi connectivity index (χ0) is 11.4. The van der Waals surface area contributed by atoms with Gasteiger partial charge < -0.3 is 9.84 Å². The molecule has 0 aromatic heterocycles. The molecule has 0 heterocycles. The summed E-state index contributed by atoms with van der Waals surface area (Å²) in [7, 11) is 0. The second kappa shape index (κ2) is 5.23. The predicted molar refractivity (Wildman–Crippen MR) is 49.0 cm³/mol. The molecule has 2 nitrogen and oxygen atoms in total. The van der Waals surface area contributed by atoms with E-state index in [4.69, 9.17) is 16.7 Å². The van der Waals surface area contributed by atoms with Crippen LogP contribution in [0.25, 0.3) is 0 Å². The van der Waals surface area contributed by atoms with E-state index in [1.165, 1.54) is 12.1 Å². The molecular formula is C9H8ClF3O2. The SMILES string of the molecule is OC(CF)c1ccc(OC(F)F)c(Cl)c1. The average molecular weight is 241 g/mol. The summed E-state index contributed by atoms with van der Waals surface area (Å²) in [5, 5.41) is 9.01. The molecule has 0 fully saturated rings. The maximum atomic E-state index is 12.1. The monoisotopic (exact) mass is 240 g/mol. The van der Waals surface area contributed by atoms with E-state index in [1.807, 2.05) is 0 Å². The molecule has 0 spiro atoms. The van der Waals surface area contributed by atoms with Crippen LogP contribution in [-0.4, -0.2) is 18.4 Å². The lowest BCUT2D eigenvalue weighted by Gasteiger charge is -2.10. The van der Waals surface area contributed by atoms with Gasteiger partial charge in [0, 0.05) is 0 Å². The van der Waals surface area contributed by atoms with Crippen LogP contribution in [0.5, 0.6) is 5.75 Å². The van der Waals surface area contributed by atoms with Crippen LogP contribution in [0, 0.1) is 0 Å². The highest BCUT2D eigenvalue weighted by Crippen LogP contribution is 2.29. The Bertz CT molecular complexity index is 333. The molecule has 1 aromatic carbocycles. The molecule has 0 aliphatic rings. The summed E-state index contributed by atoms with van der Waals surface area (Å²) in [6, 6.07) is 3.61. The molecule has 1 N–H and O–H groups in total. The maximum Gasteiger partial charge on any atom is 0.387 e. The first-order chi connectivity index (χ1) is 7.04. The van der Waals surface area contributed by atoms with Gasteiger partial charge in [-0.3, -0.25) is 0 Å². The smallest absolute Gasteiger partial charge is 0.387 e. The van der Waals surface area contributed by atoms with Gasteiger partial charge in [0.25, 0.3) is 0 Å². The summed E-state index contributed by atoms with van der Waals surface area (Å²) in [6.07, 6.45) is -1.30. The van der Waals surface area contributed by atoms with Gasteiger partial charge in [-0.15, -0.1) is 0 Å². The molecule has 0 saturated heterocycles. The fraction of sp³-hybridized carbons (Fsp3) is 0.333. The second-order valence-electron chi connectivity index (χ2n) is 2.74. The normalized spacial score (nSPS) is 12.9. The van der Waals surface area contributed by atoms with Crippen LogP contribution < -0.4 is 4.74 Å². The Morgan fingerprint density at radius 3 is 2.53 bits per heavy atom. The largest absolute Gasteiger partial charge is 0.433 e. The lowest BCUT2D eigenvalue weighted by molar-refractivity contribution is -0.0498. The fourth-order valence-corrected chi connectivity index (χ4v) is 1.24. The van der Waals surface area contributed by atoms with Crippen molar-refractivity contribution < 1.29 is 23.0 Å². The molecule has 0 bridgehead atoms. The Kier molecular flexibility index (Phi) is 4.23. The lowest BCUT2D eigenvalue weighted by Crippen LogP contribution is -2.04. The number of halogens is 4. The topological polar surface area (TPSA) is 29.5 Å². The number of hydrogen-bond donors (Lipinski definition) is 1. The van der Waals surface area contributed by atoms with Crippen molar-refractivity contribution in [2.75, 3.05) is 6.67 Å². The van der Waals surface area contributed by atoms with Gasteiger partial charge in [0.1, 0.15) is 18.5 Å². The van der Waals surface area contributed by atoms with Crippen molar-refractivity contribution in [3.63, 3.8) is 0 Å². The zero-order valence-corrected chi connectivity index (χ0v) is 8.22. The molecule has 0 radical (unpaired) electrons. The van der Waals surface area contributed by atoms with Gasteiger partial charge in [0.05, 0.1) is 5.02 Å². The van der Waals surface area contributed by atoms with Gasteiger partial charge in [-0.1, -0.05) is 17.7 Å². The minimum Gasteiger partial charge on any atom is -0.433 e. The molecule has 0 aliphatic carbocycles. The maximum absolute atomic E-state index is 12.1. The third kappa shape index (κ3) is 3.28. The lowest BCUT2D eigenvalue weighted by atomic mass is 10.1. The van der Waals surface area contributed by atoms with Crippen LogP contribution in [-0.2, 0) is 0 Å². The molecule has 6 heteroatoms. The number of rotatable bonds is 4. The number of aliphatic hydroxyl groups excluding tert-OH is 1. The summed E-state index contributed by atoms with van der Waals surface area (Å²) < 4.78 is 39.8. The summed E-state index contributed by atoms with van der Waals surface area (Å²) in [5.74, 6) is -0.207. The summed E-state index contributed by atoms with van der Waals surface area (Å²) >= 11 is 5.58. The molecule has 1 rings (SSSR count). The Labute approximate surface area is 89.2 Å². The van der Waals surface area contributed by atoms with E-state index in [-0.39, 0.29) is 16.3 Å². The predicted octanol–water partition coefficient (Wildman–Crippen LogP) is 2.94. The van der Waals surface area contributed by atoms with Crippen LogP contribution in [0.4, 0.5) is 13.2 Å². The molecule has 1 unspecified atom stereocenters. The van der Waals surface area contributed by atoms with E-state index in [0.29, 0.717) is 0 Å². The van der Waals surface area contributed by atoms with Gasteiger partial charge >= 0.3 is 6.61 Å². The van der Waals surface area contributed by atoms with Crippen LogP contribution in [0.2, 0.25) is 5.02 Å². The van der Waals surface area contributed by atoms with Gasteiger partial charge in [-0.2, -0.15) is 8.78 Å². The molecule has 0 saturated carbocycles. The van der Waals surface area contributed by atoms with E-state index in [2.05, 4.69) is 4.74 Å². The van der Waals surface area contributed by atoms with Crippen molar-refractivity contribution in [1.29, 1.82) is 0 Å². The second-order valence-corrected chi connectivity index (χ2v) is 3.15. The first-order valence-corrected chi connectivity index (χ1v) is 4.40. The molecular weight excluding hydrogens is 233 g/mol. The Morgan fingerprint density at radius 2 is 2.07 bits per heavy atom. The van der Waals surface area contributed by atoms with Crippen molar-refractivity contribution in [3.8, 4) is 5.75 Å². The van der Waals surface area contributed by atoms with Crippen molar-refractivity contribution in [2.45, 2.75) is 12.7 Å². The van der Waals surface area contributed by atoms with E-state index >= 15 is 0 Å². The third-order valence-electron chi connectivity index (χ3n) is 1.70. The van der Waals surface area contributed by atoms with E-state index in [9.17, 15) is 13.2 Å². The molecule has 1 aromatic rings. The number of alkyl halides is 3. The van der Waals surface area contributed by atoms with Crippen LogP contribution in [0.15, 0.2) is 18.2 Å². The van der Waals surface area contributed by atoms with Crippen molar-refractivity contribution in [1.82, 2.24) is 0 Å². The van der Waals surface area contributed by atoms with Crippen LogP contribution in [0.1, 0.15) is 11.7 Å². The first-order valence-electron chi connectivity index (χ1n) is 4.03. The first kappa shape index (κ1) is 12.1. The van der Waals surface area contributed by atoms with Crippen molar-refractivity contribution in [2.24, 2.45) is 0 Å².